The van der Waals surface area contributed by atoms with Crippen molar-refractivity contribution in [3.63, 3.8) is 0 Å². The summed E-state index contributed by atoms with van der Waals surface area (Å²) in [5.41, 5.74) is 7.02. The molecule has 2 aliphatic rings. The van der Waals surface area contributed by atoms with Crippen molar-refractivity contribution in [1.82, 2.24) is 20.6 Å². The molecule has 1 fully saturated rings. The highest BCUT2D eigenvalue weighted by Gasteiger charge is 2.24. The topological polar surface area (TPSA) is 93.4 Å². The zero-order valence-electron chi connectivity index (χ0n) is 21.3. The van der Waals surface area contributed by atoms with Crippen LogP contribution in [0, 0.1) is 6.92 Å². The molecule has 0 saturated carbocycles. The standard InChI is InChI=1S/C28H34N6O2/c1-4-19-13-18(2)32-28(36)24(19)17-31-27(35)23-14-21(15-25-22(23)7-10-33(25)3)20-5-6-26(30-16-20)34-11-8-29-9-12-34/h5-6,13-16,29H,4,7-12,17H2,1-3H3,(H,31,35)(H,32,36). The first-order valence-electron chi connectivity index (χ1n) is 12.7. The van der Waals surface area contributed by atoms with E-state index in [1.807, 2.05) is 32.2 Å². The second kappa shape index (κ2) is 10.1. The van der Waals surface area contributed by atoms with Gasteiger partial charge in [0.15, 0.2) is 0 Å². The molecular formula is C28H34N6O2. The summed E-state index contributed by atoms with van der Waals surface area (Å²) in [6, 6.07) is 10.2. The number of nitrogens with zero attached hydrogens (tertiary/aromatic N) is 3. The predicted molar refractivity (Wildman–Crippen MR) is 144 cm³/mol. The second-order valence-electron chi connectivity index (χ2n) is 9.66. The lowest BCUT2D eigenvalue weighted by Gasteiger charge is -2.28. The fraction of sp³-hybridized carbons (Fsp3) is 0.393. The Balaban J connectivity index is 1.43. The summed E-state index contributed by atoms with van der Waals surface area (Å²) in [6.07, 6.45) is 3.46. The summed E-state index contributed by atoms with van der Waals surface area (Å²) in [4.78, 5) is 38.0. The molecule has 2 aromatic heterocycles. The molecule has 4 heterocycles. The molecule has 0 aliphatic carbocycles. The normalized spacial score (nSPS) is 15.2. The van der Waals surface area contributed by atoms with Crippen molar-refractivity contribution >= 4 is 17.4 Å². The van der Waals surface area contributed by atoms with E-state index in [4.69, 9.17) is 4.98 Å². The number of aromatic amines is 1. The van der Waals surface area contributed by atoms with Crippen molar-refractivity contribution in [3.8, 4) is 11.1 Å². The number of hydrogen-bond donors (Lipinski definition) is 3. The van der Waals surface area contributed by atoms with Crippen LogP contribution in [0.25, 0.3) is 11.1 Å². The van der Waals surface area contributed by atoms with E-state index >= 15 is 0 Å². The lowest BCUT2D eigenvalue weighted by molar-refractivity contribution is 0.0950. The highest BCUT2D eigenvalue weighted by atomic mass is 16.1. The van der Waals surface area contributed by atoms with E-state index in [2.05, 4.69) is 50.7 Å². The number of carbonyl (C=O) groups is 1. The number of H-pyrrole nitrogens is 1. The molecule has 0 unspecified atom stereocenters. The lowest BCUT2D eigenvalue weighted by Crippen LogP contribution is -2.43. The fourth-order valence-corrected chi connectivity index (χ4v) is 5.23. The molecule has 0 bridgehead atoms. The first-order chi connectivity index (χ1) is 17.4. The number of aromatic nitrogens is 2. The van der Waals surface area contributed by atoms with Gasteiger partial charge < -0.3 is 25.4 Å². The number of anilines is 2. The quantitative estimate of drug-likeness (QED) is 0.496. The molecule has 0 spiro atoms. The van der Waals surface area contributed by atoms with E-state index in [1.54, 1.807) is 0 Å². The van der Waals surface area contributed by atoms with Crippen LogP contribution < -0.4 is 26.0 Å². The Bertz CT molecular complexity index is 1330. The van der Waals surface area contributed by atoms with Crippen molar-refractivity contribution in [3.05, 3.63) is 74.8 Å². The van der Waals surface area contributed by atoms with Gasteiger partial charge in [-0.15, -0.1) is 0 Å². The molecule has 1 saturated heterocycles. The van der Waals surface area contributed by atoms with Crippen molar-refractivity contribution in [2.45, 2.75) is 33.2 Å². The molecule has 3 N–H and O–H groups in total. The molecular weight excluding hydrogens is 452 g/mol. The Hall–Kier alpha value is -3.65. The number of likely N-dealkylation sites (N-methyl/N-ethyl adjacent to an activating group) is 1. The van der Waals surface area contributed by atoms with Gasteiger partial charge in [-0.05, 0) is 66.8 Å². The van der Waals surface area contributed by atoms with Gasteiger partial charge in [0.25, 0.3) is 11.5 Å². The number of hydrogen-bond acceptors (Lipinski definition) is 6. The van der Waals surface area contributed by atoms with Gasteiger partial charge in [-0.2, -0.15) is 0 Å². The summed E-state index contributed by atoms with van der Waals surface area (Å²) in [6.45, 7) is 8.80. The highest BCUT2D eigenvalue weighted by Crippen LogP contribution is 2.35. The maximum atomic E-state index is 13.4. The number of carbonyl (C=O) groups excluding carboxylic acids is 1. The smallest absolute Gasteiger partial charge is 0.253 e. The first-order valence-corrected chi connectivity index (χ1v) is 12.7. The van der Waals surface area contributed by atoms with E-state index in [0.29, 0.717) is 11.1 Å². The number of benzene rings is 1. The molecule has 8 heteroatoms. The van der Waals surface area contributed by atoms with Crippen LogP contribution >= 0.6 is 0 Å². The molecule has 188 valence electrons. The summed E-state index contributed by atoms with van der Waals surface area (Å²) in [5.74, 6) is 0.822. The predicted octanol–water partition coefficient (Wildman–Crippen LogP) is 2.64. The number of piperazine rings is 1. The van der Waals surface area contributed by atoms with Gasteiger partial charge >= 0.3 is 0 Å². The van der Waals surface area contributed by atoms with Crippen LogP contribution in [-0.2, 0) is 19.4 Å². The summed E-state index contributed by atoms with van der Waals surface area (Å²) in [7, 11) is 2.06. The van der Waals surface area contributed by atoms with Gasteiger partial charge in [0, 0.05) is 80.6 Å². The molecule has 5 rings (SSSR count). The number of rotatable bonds is 6. The first kappa shape index (κ1) is 24.1. The van der Waals surface area contributed by atoms with Crippen molar-refractivity contribution in [2.75, 3.05) is 49.6 Å². The van der Waals surface area contributed by atoms with Gasteiger partial charge in [-0.1, -0.05) is 6.92 Å². The van der Waals surface area contributed by atoms with Crippen LogP contribution in [0.5, 0.6) is 0 Å². The summed E-state index contributed by atoms with van der Waals surface area (Å²) in [5, 5.41) is 6.39. The average molecular weight is 487 g/mol. The summed E-state index contributed by atoms with van der Waals surface area (Å²) < 4.78 is 0. The van der Waals surface area contributed by atoms with E-state index < -0.39 is 0 Å². The largest absolute Gasteiger partial charge is 0.374 e. The van der Waals surface area contributed by atoms with Crippen LogP contribution in [-0.4, -0.2) is 55.6 Å². The molecule has 3 aromatic rings. The number of amides is 1. The van der Waals surface area contributed by atoms with E-state index in [9.17, 15) is 9.59 Å². The van der Waals surface area contributed by atoms with Crippen LogP contribution in [0.15, 0.2) is 41.3 Å². The molecule has 0 atom stereocenters. The van der Waals surface area contributed by atoms with Gasteiger partial charge in [0.1, 0.15) is 5.82 Å². The molecule has 8 nitrogen and oxygen atoms in total. The van der Waals surface area contributed by atoms with E-state index in [0.717, 1.165) is 85.0 Å². The molecule has 36 heavy (non-hydrogen) atoms. The third-order valence-corrected chi connectivity index (χ3v) is 7.27. The number of pyridine rings is 2. The molecule has 2 aliphatic heterocycles. The van der Waals surface area contributed by atoms with Gasteiger partial charge in [-0.3, -0.25) is 9.59 Å². The molecule has 1 aromatic carbocycles. The van der Waals surface area contributed by atoms with Gasteiger partial charge in [0.2, 0.25) is 0 Å². The molecule has 1 amide bonds. The third kappa shape index (κ3) is 4.73. The minimum absolute atomic E-state index is 0.137. The van der Waals surface area contributed by atoms with Crippen molar-refractivity contribution in [1.29, 1.82) is 0 Å². The average Bonchev–Trinajstić information content (AvgIpc) is 3.28. The minimum Gasteiger partial charge on any atom is -0.374 e. The second-order valence-corrected chi connectivity index (χ2v) is 9.66. The van der Waals surface area contributed by atoms with Gasteiger partial charge in [-0.25, -0.2) is 4.98 Å². The Morgan fingerprint density at radius 3 is 2.64 bits per heavy atom. The Kier molecular flexibility index (Phi) is 6.78. The van der Waals surface area contributed by atoms with Crippen molar-refractivity contribution in [2.24, 2.45) is 0 Å². The maximum Gasteiger partial charge on any atom is 0.253 e. The number of nitrogens with one attached hydrogen (secondary N) is 3. The van der Waals surface area contributed by atoms with Crippen LogP contribution in [0.1, 0.15) is 39.7 Å². The van der Waals surface area contributed by atoms with E-state index in [-0.39, 0.29) is 18.0 Å². The third-order valence-electron chi connectivity index (χ3n) is 7.27. The maximum absolute atomic E-state index is 13.4. The Morgan fingerprint density at radius 1 is 1.11 bits per heavy atom. The SMILES string of the molecule is CCc1cc(C)[nH]c(=O)c1CNC(=O)c1cc(-c2ccc(N3CCNCC3)nc2)cc2c1CCN2C. The van der Waals surface area contributed by atoms with Crippen molar-refractivity contribution < 1.29 is 4.79 Å². The Labute approximate surface area is 211 Å². The number of aryl methyl sites for hydroxylation is 2. The highest BCUT2D eigenvalue weighted by molar-refractivity contribution is 5.99. The fourth-order valence-electron chi connectivity index (χ4n) is 5.23. The lowest BCUT2D eigenvalue weighted by atomic mass is 9.97. The zero-order chi connectivity index (χ0) is 25.2. The monoisotopic (exact) mass is 486 g/mol. The zero-order valence-corrected chi connectivity index (χ0v) is 21.3. The van der Waals surface area contributed by atoms with Crippen LogP contribution in [0.2, 0.25) is 0 Å². The van der Waals surface area contributed by atoms with Gasteiger partial charge in [0.05, 0.1) is 0 Å². The summed E-state index contributed by atoms with van der Waals surface area (Å²) >= 11 is 0. The van der Waals surface area contributed by atoms with Crippen LogP contribution in [0.4, 0.5) is 11.5 Å². The number of fused-ring (bicyclic) bond motifs is 1. The minimum atomic E-state index is -0.157. The Morgan fingerprint density at radius 2 is 1.92 bits per heavy atom. The van der Waals surface area contributed by atoms with E-state index in [1.165, 1.54) is 0 Å². The molecule has 0 radical (unpaired) electrons. The van der Waals surface area contributed by atoms with Crippen LogP contribution in [0.3, 0.4) is 0 Å².